The Kier molecular flexibility index (Phi) is 7.08. The number of nitrogens with one attached hydrogen (secondary N) is 1. The zero-order valence-electron chi connectivity index (χ0n) is 15.9. The number of aryl methyl sites for hydroxylation is 2. The Hall–Kier alpha value is -2.10. The highest BCUT2D eigenvalue weighted by Crippen LogP contribution is 2.33. The van der Waals surface area contributed by atoms with Crippen LogP contribution in [0.4, 0.5) is 0 Å². The Labute approximate surface area is 167 Å². The van der Waals surface area contributed by atoms with E-state index < -0.39 is 0 Å². The normalized spacial score (nSPS) is 12.7. The molecule has 1 aliphatic rings. The molecule has 1 aliphatic carbocycles. The summed E-state index contributed by atoms with van der Waals surface area (Å²) >= 11 is 5.45. The summed E-state index contributed by atoms with van der Waals surface area (Å²) in [5.74, 6) is 0.169. The van der Waals surface area contributed by atoms with Crippen molar-refractivity contribution >= 4 is 23.3 Å². The van der Waals surface area contributed by atoms with Gasteiger partial charge in [0, 0.05) is 26.6 Å². The molecular weight excluding hydrogens is 356 g/mol. The van der Waals surface area contributed by atoms with Gasteiger partial charge in [-0.1, -0.05) is 54.6 Å². The number of hydrogen-bond donors (Lipinski definition) is 1. The molecule has 0 aromatic heterocycles. The van der Waals surface area contributed by atoms with Crippen molar-refractivity contribution in [3.05, 3.63) is 76.9 Å². The molecule has 1 N–H and O–H groups in total. The summed E-state index contributed by atoms with van der Waals surface area (Å²) in [4.78, 5) is 16.6. The SMILES string of the molecule is CN(CCC=C1c2ccccc2CCc2ccccc21)C(=O)CCCNCl. The van der Waals surface area contributed by atoms with Crippen molar-refractivity contribution in [1.29, 1.82) is 0 Å². The minimum Gasteiger partial charge on any atom is -0.345 e. The molecule has 2 aromatic carbocycles. The van der Waals surface area contributed by atoms with Gasteiger partial charge in [-0.05, 0) is 65.3 Å². The molecule has 3 nitrogen and oxygen atoms in total. The lowest BCUT2D eigenvalue weighted by molar-refractivity contribution is -0.129. The molecule has 0 radical (unpaired) electrons. The van der Waals surface area contributed by atoms with E-state index in [1.807, 2.05) is 11.9 Å². The first kappa shape index (κ1) is 19.7. The van der Waals surface area contributed by atoms with Crippen molar-refractivity contribution in [1.82, 2.24) is 9.74 Å². The van der Waals surface area contributed by atoms with E-state index in [9.17, 15) is 4.79 Å². The predicted octanol–water partition coefficient (Wildman–Crippen LogP) is 4.59. The first-order chi connectivity index (χ1) is 13.2. The number of rotatable bonds is 7. The summed E-state index contributed by atoms with van der Waals surface area (Å²) in [5.41, 5.74) is 6.75. The fourth-order valence-corrected chi connectivity index (χ4v) is 3.79. The third-order valence-corrected chi connectivity index (χ3v) is 5.37. The molecule has 0 atom stereocenters. The molecule has 0 saturated carbocycles. The predicted molar refractivity (Wildman–Crippen MR) is 113 cm³/mol. The highest BCUT2D eigenvalue weighted by atomic mass is 35.5. The highest BCUT2D eigenvalue weighted by molar-refractivity contribution is 6.13. The molecule has 27 heavy (non-hydrogen) atoms. The number of fused-ring (bicyclic) bond motifs is 2. The highest BCUT2D eigenvalue weighted by Gasteiger charge is 2.17. The summed E-state index contributed by atoms with van der Waals surface area (Å²) in [7, 11) is 1.88. The second kappa shape index (κ2) is 9.72. The fraction of sp³-hybridized carbons (Fsp3) is 0.348. The molecule has 0 spiro atoms. The van der Waals surface area contributed by atoms with E-state index in [2.05, 4.69) is 59.4 Å². The van der Waals surface area contributed by atoms with Crippen LogP contribution in [-0.4, -0.2) is 30.9 Å². The Bertz CT molecular complexity index is 766. The number of carbonyl (C=O) groups excluding carboxylic acids is 1. The Balaban J connectivity index is 1.76. The van der Waals surface area contributed by atoms with Crippen LogP contribution < -0.4 is 4.84 Å². The van der Waals surface area contributed by atoms with E-state index in [-0.39, 0.29) is 5.91 Å². The van der Waals surface area contributed by atoms with Crippen LogP contribution in [0.25, 0.3) is 5.57 Å². The van der Waals surface area contributed by atoms with Crippen LogP contribution in [0.5, 0.6) is 0 Å². The van der Waals surface area contributed by atoms with Crippen LogP contribution in [0.3, 0.4) is 0 Å². The molecule has 0 heterocycles. The lowest BCUT2D eigenvalue weighted by atomic mass is 9.93. The largest absolute Gasteiger partial charge is 0.345 e. The van der Waals surface area contributed by atoms with Gasteiger partial charge >= 0.3 is 0 Å². The van der Waals surface area contributed by atoms with E-state index in [1.165, 1.54) is 27.8 Å². The molecule has 2 aromatic rings. The zero-order chi connectivity index (χ0) is 19.1. The molecule has 4 heteroatoms. The number of hydrogen-bond acceptors (Lipinski definition) is 2. The summed E-state index contributed by atoms with van der Waals surface area (Å²) in [5, 5.41) is 0. The van der Waals surface area contributed by atoms with E-state index >= 15 is 0 Å². The molecule has 0 fully saturated rings. The molecule has 0 aliphatic heterocycles. The van der Waals surface area contributed by atoms with Crippen LogP contribution in [-0.2, 0) is 17.6 Å². The van der Waals surface area contributed by atoms with Crippen LogP contribution in [0.15, 0.2) is 54.6 Å². The summed E-state index contributed by atoms with van der Waals surface area (Å²) < 4.78 is 0. The Morgan fingerprint density at radius 1 is 1.07 bits per heavy atom. The first-order valence-corrected chi connectivity index (χ1v) is 10.0. The van der Waals surface area contributed by atoms with Gasteiger partial charge in [-0.25, -0.2) is 4.84 Å². The van der Waals surface area contributed by atoms with E-state index in [4.69, 9.17) is 11.8 Å². The Morgan fingerprint density at radius 2 is 1.67 bits per heavy atom. The van der Waals surface area contributed by atoms with Crippen LogP contribution in [0, 0.1) is 0 Å². The van der Waals surface area contributed by atoms with Crippen molar-refractivity contribution in [2.45, 2.75) is 32.1 Å². The number of amides is 1. The standard InChI is InChI=1S/C23H27ClN2O/c1-26(23(27)13-6-16-25-24)17-7-12-22-20-10-4-2-8-18(20)14-15-19-9-3-5-11-21(19)22/h2-5,8-12,25H,6-7,13-17H2,1H3. The maximum atomic E-state index is 12.2. The second-order valence-corrected chi connectivity index (χ2v) is 7.29. The molecular formula is C23H27ClN2O. The van der Waals surface area contributed by atoms with E-state index in [0.29, 0.717) is 13.0 Å². The lowest BCUT2D eigenvalue weighted by Gasteiger charge is -2.17. The van der Waals surface area contributed by atoms with Crippen LogP contribution >= 0.6 is 11.8 Å². The minimum atomic E-state index is 0.169. The second-order valence-electron chi connectivity index (χ2n) is 7.02. The molecule has 1 amide bonds. The smallest absolute Gasteiger partial charge is 0.222 e. The zero-order valence-corrected chi connectivity index (χ0v) is 16.6. The maximum absolute atomic E-state index is 12.2. The van der Waals surface area contributed by atoms with Crippen molar-refractivity contribution in [3.63, 3.8) is 0 Å². The number of carbonyl (C=O) groups is 1. The molecule has 0 saturated heterocycles. The molecule has 142 valence electrons. The van der Waals surface area contributed by atoms with Crippen molar-refractivity contribution in [2.75, 3.05) is 20.1 Å². The monoisotopic (exact) mass is 382 g/mol. The lowest BCUT2D eigenvalue weighted by Crippen LogP contribution is -2.27. The average molecular weight is 383 g/mol. The van der Waals surface area contributed by atoms with Gasteiger partial charge in [-0.15, -0.1) is 0 Å². The van der Waals surface area contributed by atoms with Gasteiger partial charge in [0.2, 0.25) is 5.91 Å². The molecule has 0 bridgehead atoms. The first-order valence-electron chi connectivity index (χ1n) is 9.65. The third-order valence-electron chi connectivity index (χ3n) is 5.18. The number of nitrogens with zero attached hydrogens (tertiary/aromatic N) is 1. The van der Waals surface area contributed by atoms with E-state index in [1.54, 1.807) is 0 Å². The van der Waals surface area contributed by atoms with Gasteiger partial charge in [-0.3, -0.25) is 4.79 Å². The van der Waals surface area contributed by atoms with Crippen molar-refractivity contribution in [2.24, 2.45) is 0 Å². The van der Waals surface area contributed by atoms with Crippen LogP contribution in [0.1, 0.15) is 41.5 Å². The van der Waals surface area contributed by atoms with Crippen molar-refractivity contribution in [3.8, 4) is 0 Å². The summed E-state index contributed by atoms with van der Waals surface area (Å²) in [6.07, 6.45) is 6.56. The van der Waals surface area contributed by atoms with Crippen molar-refractivity contribution < 1.29 is 4.79 Å². The third kappa shape index (κ3) is 5.00. The maximum Gasteiger partial charge on any atom is 0.222 e. The van der Waals surface area contributed by atoms with Gasteiger partial charge in [0.15, 0.2) is 0 Å². The Morgan fingerprint density at radius 3 is 2.26 bits per heavy atom. The number of benzene rings is 2. The van der Waals surface area contributed by atoms with Gasteiger partial charge in [0.05, 0.1) is 0 Å². The molecule has 3 rings (SSSR count). The quantitative estimate of drug-likeness (QED) is 0.561. The summed E-state index contributed by atoms with van der Waals surface area (Å²) in [6.45, 7) is 1.37. The average Bonchev–Trinajstić information content (AvgIpc) is 2.85. The topological polar surface area (TPSA) is 32.3 Å². The van der Waals surface area contributed by atoms with Gasteiger partial charge in [0.25, 0.3) is 0 Å². The van der Waals surface area contributed by atoms with Gasteiger partial charge < -0.3 is 4.90 Å². The van der Waals surface area contributed by atoms with Gasteiger partial charge in [-0.2, -0.15) is 0 Å². The minimum absolute atomic E-state index is 0.169. The summed E-state index contributed by atoms with van der Waals surface area (Å²) in [6, 6.07) is 17.4. The fourth-order valence-electron chi connectivity index (χ4n) is 3.66. The number of halogens is 1. The molecule has 0 unspecified atom stereocenters. The van der Waals surface area contributed by atoms with Crippen LogP contribution in [0.2, 0.25) is 0 Å². The van der Waals surface area contributed by atoms with E-state index in [0.717, 1.165) is 32.2 Å². The van der Waals surface area contributed by atoms with Gasteiger partial charge in [0.1, 0.15) is 0 Å².